The molecule has 0 radical (unpaired) electrons. The minimum Gasteiger partial charge on any atom is -0.0654 e. The molecule has 0 aliphatic heterocycles. The van der Waals surface area contributed by atoms with E-state index in [4.69, 9.17) is 0 Å². The second-order valence-electron chi connectivity index (χ2n) is 7.13. The van der Waals surface area contributed by atoms with Gasteiger partial charge in [0.25, 0.3) is 0 Å². The molecule has 2 aliphatic carbocycles. The standard InChI is InChI=1S/C18H34/c1-2-9-18(14-16-10-5-3-6-11-16)15-17-12-7-4-8-13-17/h16-18H,2-15H2,1H3. The van der Waals surface area contributed by atoms with Crippen LogP contribution in [-0.2, 0) is 0 Å². The summed E-state index contributed by atoms with van der Waals surface area (Å²) in [4.78, 5) is 0. The van der Waals surface area contributed by atoms with Crippen LogP contribution in [-0.4, -0.2) is 0 Å². The molecule has 2 aliphatic rings. The van der Waals surface area contributed by atoms with Crippen molar-refractivity contribution in [2.75, 3.05) is 0 Å². The summed E-state index contributed by atoms with van der Waals surface area (Å²) in [6, 6.07) is 0. The lowest BCUT2D eigenvalue weighted by Gasteiger charge is -2.30. The average molecular weight is 250 g/mol. The first-order valence-corrected chi connectivity index (χ1v) is 8.88. The summed E-state index contributed by atoms with van der Waals surface area (Å²) in [5.74, 6) is 3.26. The molecule has 0 spiro atoms. The third-order valence-corrected chi connectivity index (χ3v) is 5.48. The van der Waals surface area contributed by atoms with Gasteiger partial charge in [-0.2, -0.15) is 0 Å². The molecule has 0 saturated heterocycles. The molecule has 0 heterocycles. The molecule has 0 bridgehead atoms. The normalized spacial score (nSPS) is 23.7. The lowest BCUT2D eigenvalue weighted by Crippen LogP contribution is -2.17. The van der Waals surface area contributed by atoms with Crippen LogP contribution in [0.4, 0.5) is 0 Å². The van der Waals surface area contributed by atoms with Gasteiger partial charge in [0.1, 0.15) is 0 Å². The average Bonchev–Trinajstić information content (AvgIpc) is 2.41. The molecule has 0 aromatic rings. The molecule has 106 valence electrons. The highest BCUT2D eigenvalue weighted by Crippen LogP contribution is 2.36. The Morgan fingerprint density at radius 1 is 0.722 bits per heavy atom. The zero-order valence-corrected chi connectivity index (χ0v) is 12.6. The second kappa shape index (κ2) is 8.23. The van der Waals surface area contributed by atoms with E-state index in [1.54, 1.807) is 38.5 Å². The first-order chi connectivity index (χ1) is 8.88. The van der Waals surface area contributed by atoms with Crippen LogP contribution in [0.25, 0.3) is 0 Å². The fraction of sp³-hybridized carbons (Fsp3) is 1.00. The Balaban J connectivity index is 1.74. The highest BCUT2D eigenvalue weighted by Gasteiger charge is 2.22. The first kappa shape index (κ1) is 14.4. The smallest absolute Gasteiger partial charge is 0.0409 e. The molecule has 18 heavy (non-hydrogen) atoms. The molecule has 0 nitrogen and oxygen atoms in total. The molecule has 0 amide bonds. The van der Waals surface area contributed by atoms with Gasteiger partial charge in [0.2, 0.25) is 0 Å². The van der Waals surface area contributed by atoms with Gasteiger partial charge in [-0.05, 0) is 30.6 Å². The van der Waals surface area contributed by atoms with Crippen molar-refractivity contribution in [2.24, 2.45) is 17.8 Å². The summed E-state index contributed by atoms with van der Waals surface area (Å²) in [6.45, 7) is 2.38. The molecule has 0 N–H and O–H groups in total. The zero-order valence-electron chi connectivity index (χ0n) is 12.6. The Morgan fingerprint density at radius 2 is 1.17 bits per heavy atom. The predicted octanol–water partition coefficient (Wildman–Crippen LogP) is 6.34. The highest BCUT2D eigenvalue weighted by atomic mass is 14.3. The molecule has 0 aromatic carbocycles. The molecule has 0 aromatic heterocycles. The summed E-state index contributed by atoms with van der Waals surface area (Å²) >= 11 is 0. The maximum absolute atomic E-state index is 2.38. The minimum absolute atomic E-state index is 1.07. The van der Waals surface area contributed by atoms with E-state index < -0.39 is 0 Å². The van der Waals surface area contributed by atoms with Crippen molar-refractivity contribution < 1.29 is 0 Å². The van der Waals surface area contributed by atoms with Crippen LogP contribution in [0.5, 0.6) is 0 Å². The van der Waals surface area contributed by atoms with E-state index in [2.05, 4.69) is 6.92 Å². The van der Waals surface area contributed by atoms with Crippen molar-refractivity contribution in [1.29, 1.82) is 0 Å². The van der Waals surface area contributed by atoms with Crippen molar-refractivity contribution in [2.45, 2.75) is 96.8 Å². The highest BCUT2D eigenvalue weighted by molar-refractivity contribution is 4.75. The van der Waals surface area contributed by atoms with Crippen LogP contribution in [0.15, 0.2) is 0 Å². The zero-order chi connectivity index (χ0) is 12.6. The number of hydrogen-bond acceptors (Lipinski definition) is 0. The van der Waals surface area contributed by atoms with Gasteiger partial charge in [-0.15, -0.1) is 0 Å². The van der Waals surface area contributed by atoms with Crippen LogP contribution < -0.4 is 0 Å². The fourth-order valence-electron chi connectivity index (χ4n) is 4.53. The van der Waals surface area contributed by atoms with E-state index in [0.717, 1.165) is 17.8 Å². The number of hydrogen-bond donors (Lipinski definition) is 0. The van der Waals surface area contributed by atoms with E-state index in [0.29, 0.717) is 0 Å². The van der Waals surface area contributed by atoms with E-state index in [1.165, 1.54) is 51.4 Å². The second-order valence-corrected chi connectivity index (χ2v) is 7.13. The Kier molecular flexibility index (Phi) is 6.59. The molecule has 0 heteroatoms. The largest absolute Gasteiger partial charge is 0.0654 e. The van der Waals surface area contributed by atoms with Gasteiger partial charge in [-0.1, -0.05) is 84.0 Å². The molecule has 2 rings (SSSR count). The van der Waals surface area contributed by atoms with Gasteiger partial charge >= 0.3 is 0 Å². The summed E-state index contributed by atoms with van der Waals surface area (Å²) in [7, 11) is 0. The van der Waals surface area contributed by atoms with E-state index in [-0.39, 0.29) is 0 Å². The van der Waals surface area contributed by atoms with E-state index in [9.17, 15) is 0 Å². The Bertz CT molecular complexity index is 176. The Morgan fingerprint density at radius 3 is 1.56 bits per heavy atom. The van der Waals surface area contributed by atoms with E-state index >= 15 is 0 Å². The van der Waals surface area contributed by atoms with Crippen LogP contribution in [0.1, 0.15) is 96.8 Å². The first-order valence-electron chi connectivity index (χ1n) is 8.88. The van der Waals surface area contributed by atoms with Crippen LogP contribution in [0, 0.1) is 17.8 Å². The summed E-state index contributed by atoms with van der Waals surface area (Å²) in [6.07, 6.45) is 21.4. The van der Waals surface area contributed by atoms with Crippen molar-refractivity contribution in [1.82, 2.24) is 0 Å². The Hall–Kier alpha value is 0. The van der Waals surface area contributed by atoms with Crippen LogP contribution >= 0.6 is 0 Å². The quantitative estimate of drug-likeness (QED) is 0.515. The molecular formula is C18H34. The maximum atomic E-state index is 2.38. The van der Waals surface area contributed by atoms with Gasteiger partial charge in [0.05, 0.1) is 0 Å². The summed E-state index contributed by atoms with van der Waals surface area (Å²) in [5.41, 5.74) is 0. The minimum atomic E-state index is 1.07. The topological polar surface area (TPSA) is 0 Å². The van der Waals surface area contributed by atoms with Crippen molar-refractivity contribution in [3.05, 3.63) is 0 Å². The monoisotopic (exact) mass is 250 g/mol. The van der Waals surface area contributed by atoms with Gasteiger partial charge in [0, 0.05) is 0 Å². The molecular weight excluding hydrogens is 216 g/mol. The third-order valence-electron chi connectivity index (χ3n) is 5.48. The van der Waals surface area contributed by atoms with Gasteiger partial charge in [-0.3, -0.25) is 0 Å². The van der Waals surface area contributed by atoms with E-state index in [1.807, 2.05) is 0 Å². The molecule has 2 saturated carbocycles. The van der Waals surface area contributed by atoms with Crippen molar-refractivity contribution >= 4 is 0 Å². The molecule has 0 unspecified atom stereocenters. The van der Waals surface area contributed by atoms with Crippen molar-refractivity contribution in [3.8, 4) is 0 Å². The maximum Gasteiger partial charge on any atom is -0.0409 e. The van der Waals surface area contributed by atoms with Crippen LogP contribution in [0.3, 0.4) is 0 Å². The number of rotatable bonds is 6. The lowest BCUT2D eigenvalue weighted by atomic mass is 9.76. The SMILES string of the molecule is CCCC(CC1CCCCC1)CC1CCCCC1. The fourth-order valence-corrected chi connectivity index (χ4v) is 4.53. The summed E-state index contributed by atoms with van der Waals surface area (Å²) in [5, 5.41) is 0. The molecule has 2 fully saturated rings. The van der Waals surface area contributed by atoms with Crippen LogP contribution in [0.2, 0.25) is 0 Å². The van der Waals surface area contributed by atoms with Gasteiger partial charge < -0.3 is 0 Å². The lowest BCUT2D eigenvalue weighted by molar-refractivity contribution is 0.221. The summed E-state index contributed by atoms with van der Waals surface area (Å²) < 4.78 is 0. The predicted molar refractivity (Wildman–Crippen MR) is 80.8 cm³/mol. The van der Waals surface area contributed by atoms with Gasteiger partial charge in [0.15, 0.2) is 0 Å². The van der Waals surface area contributed by atoms with Crippen molar-refractivity contribution in [3.63, 3.8) is 0 Å². The third kappa shape index (κ3) is 4.94. The Labute approximate surface area is 115 Å². The molecule has 0 atom stereocenters. The van der Waals surface area contributed by atoms with Gasteiger partial charge in [-0.25, -0.2) is 0 Å².